The first kappa shape index (κ1) is 19.7. The van der Waals surface area contributed by atoms with Gasteiger partial charge in [0.2, 0.25) is 0 Å². The number of amides is 3. The summed E-state index contributed by atoms with van der Waals surface area (Å²) in [5, 5.41) is 6.15. The molecule has 0 fully saturated rings. The van der Waals surface area contributed by atoms with Gasteiger partial charge in [-0.2, -0.15) is 0 Å². The second-order valence-corrected chi connectivity index (χ2v) is 8.94. The average molecular weight is 405 g/mol. The monoisotopic (exact) mass is 404 g/mol. The number of aromatic nitrogens is 1. The van der Waals surface area contributed by atoms with Crippen molar-refractivity contribution < 1.29 is 9.59 Å². The van der Waals surface area contributed by atoms with Crippen LogP contribution in [0.15, 0.2) is 29.2 Å². The standard InChI is InChI=1S/C19H24N4O2S2/c1-4-26-15-8-6-5-7-13(15)17(24)23-10-9-14-16(11-23)27-19(21-14)22-18(25)20-12(2)3/h5-8,12H,4,9-11H2,1-3H3,(H2,20,21,22,25). The maximum Gasteiger partial charge on any atom is 0.321 e. The van der Waals surface area contributed by atoms with Gasteiger partial charge in [0.15, 0.2) is 5.13 Å². The highest BCUT2D eigenvalue weighted by Crippen LogP contribution is 2.30. The molecular weight excluding hydrogens is 380 g/mol. The number of thioether (sulfide) groups is 1. The molecule has 1 aliphatic rings. The number of nitrogens with one attached hydrogen (secondary N) is 2. The highest BCUT2D eigenvalue weighted by molar-refractivity contribution is 7.99. The predicted octanol–water partition coefficient (Wildman–Crippen LogP) is 3.98. The Morgan fingerprint density at radius 3 is 2.85 bits per heavy atom. The van der Waals surface area contributed by atoms with Gasteiger partial charge < -0.3 is 10.2 Å². The molecule has 3 amide bonds. The van der Waals surface area contributed by atoms with Crippen LogP contribution in [0.4, 0.5) is 9.93 Å². The van der Waals surface area contributed by atoms with Gasteiger partial charge in [0.25, 0.3) is 5.91 Å². The zero-order valence-electron chi connectivity index (χ0n) is 15.7. The number of thiazole rings is 1. The molecular formula is C19H24N4O2S2. The molecule has 1 aliphatic heterocycles. The van der Waals surface area contributed by atoms with E-state index < -0.39 is 0 Å². The number of fused-ring (bicyclic) bond motifs is 1. The molecule has 2 N–H and O–H groups in total. The topological polar surface area (TPSA) is 74.3 Å². The normalized spacial score (nSPS) is 13.4. The van der Waals surface area contributed by atoms with Crippen molar-refractivity contribution in [3.8, 4) is 0 Å². The molecule has 0 unspecified atom stereocenters. The van der Waals surface area contributed by atoms with Gasteiger partial charge in [0.1, 0.15) is 0 Å². The highest BCUT2D eigenvalue weighted by atomic mass is 32.2. The van der Waals surface area contributed by atoms with E-state index in [1.807, 2.05) is 43.0 Å². The number of urea groups is 1. The summed E-state index contributed by atoms with van der Waals surface area (Å²) in [6.45, 7) is 7.07. The van der Waals surface area contributed by atoms with Crippen LogP contribution in [0.2, 0.25) is 0 Å². The smallest absolute Gasteiger partial charge is 0.321 e. The van der Waals surface area contributed by atoms with E-state index in [4.69, 9.17) is 0 Å². The predicted molar refractivity (Wildman–Crippen MR) is 111 cm³/mol. The molecule has 0 radical (unpaired) electrons. The van der Waals surface area contributed by atoms with Gasteiger partial charge in [-0.05, 0) is 31.7 Å². The lowest BCUT2D eigenvalue weighted by atomic mass is 10.1. The van der Waals surface area contributed by atoms with Crippen LogP contribution in [0.5, 0.6) is 0 Å². The van der Waals surface area contributed by atoms with Crippen LogP contribution in [0, 0.1) is 0 Å². The summed E-state index contributed by atoms with van der Waals surface area (Å²) in [6.07, 6.45) is 0.703. The lowest BCUT2D eigenvalue weighted by Gasteiger charge is -2.26. The zero-order chi connectivity index (χ0) is 19.4. The number of hydrogen-bond acceptors (Lipinski definition) is 5. The van der Waals surface area contributed by atoms with Crippen molar-refractivity contribution in [3.05, 3.63) is 40.4 Å². The van der Waals surface area contributed by atoms with Crippen LogP contribution in [-0.2, 0) is 13.0 Å². The van der Waals surface area contributed by atoms with Gasteiger partial charge in [-0.1, -0.05) is 30.4 Å². The van der Waals surface area contributed by atoms with E-state index in [2.05, 4.69) is 22.5 Å². The zero-order valence-corrected chi connectivity index (χ0v) is 17.4. The SMILES string of the molecule is CCSc1ccccc1C(=O)N1CCc2nc(NC(=O)NC(C)C)sc2C1. The molecule has 0 atom stereocenters. The third-order valence-corrected chi connectivity index (χ3v) is 6.03. The fourth-order valence-corrected chi connectivity index (χ4v) is 4.73. The van der Waals surface area contributed by atoms with Crippen LogP contribution < -0.4 is 10.6 Å². The molecule has 144 valence electrons. The Morgan fingerprint density at radius 1 is 1.33 bits per heavy atom. The van der Waals surface area contributed by atoms with E-state index in [0.29, 0.717) is 24.6 Å². The number of carbonyl (C=O) groups is 2. The van der Waals surface area contributed by atoms with Gasteiger partial charge in [-0.3, -0.25) is 10.1 Å². The molecule has 1 aromatic heterocycles. The van der Waals surface area contributed by atoms with Gasteiger partial charge in [0, 0.05) is 28.8 Å². The summed E-state index contributed by atoms with van der Waals surface area (Å²) in [5.41, 5.74) is 1.73. The van der Waals surface area contributed by atoms with Crippen molar-refractivity contribution in [2.24, 2.45) is 0 Å². The molecule has 0 spiro atoms. The molecule has 6 nitrogen and oxygen atoms in total. The minimum Gasteiger partial charge on any atom is -0.336 e. The summed E-state index contributed by atoms with van der Waals surface area (Å²) in [5.74, 6) is 0.981. The number of anilines is 1. The van der Waals surface area contributed by atoms with Crippen molar-refractivity contribution >= 4 is 40.2 Å². The Morgan fingerprint density at radius 2 is 2.11 bits per heavy atom. The summed E-state index contributed by atoms with van der Waals surface area (Å²) in [7, 11) is 0. The van der Waals surface area contributed by atoms with E-state index in [-0.39, 0.29) is 18.0 Å². The molecule has 0 bridgehead atoms. The Kier molecular flexibility index (Phi) is 6.38. The summed E-state index contributed by atoms with van der Waals surface area (Å²) in [6, 6.07) is 7.57. The molecule has 2 heterocycles. The minimum atomic E-state index is -0.255. The van der Waals surface area contributed by atoms with Crippen LogP contribution >= 0.6 is 23.1 Å². The molecule has 0 saturated heterocycles. The van der Waals surface area contributed by atoms with Crippen molar-refractivity contribution in [3.63, 3.8) is 0 Å². The maximum atomic E-state index is 13.0. The van der Waals surface area contributed by atoms with E-state index in [9.17, 15) is 9.59 Å². The Bertz CT molecular complexity index is 835. The maximum absolute atomic E-state index is 13.0. The fraction of sp³-hybridized carbons (Fsp3) is 0.421. The van der Waals surface area contributed by atoms with Gasteiger partial charge in [0.05, 0.1) is 17.8 Å². The van der Waals surface area contributed by atoms with Crippen LogP contribution in [0.3, 0.4) is 0 Å². The average Bonchev–Trinajstić information content (AvgIpc) is 3.02. The molecule has 27 heavy (non-hydrogen) atoms. The summed E-state index contributed by atoms with van der Waals surface area (Å²) < 4.78 is 0. The van der Waals surface area contributed by atoms with Crippen LogP contribution in [-0.4, -0.2) is 40.2 Å². The first-order chi connectivity index (χ1) is 13.0. The minimum absolute atomic E-state index is 0.0534. The summed E-state index contributed by atoms with van der Waals surface area (Å²) >= 11 is 3.12. The largest absolute Gasteiger partial charge is 0.336 e. The highest BCUT2D eigenvalue weighted by Gasteiger charge is 2.26. The fourth-order valence-electron chi connectivity index (χ4n) is 2.91. The van der Waals surface area contributed by atoms with E-state index in [0.717, 1.165) is 26.8 Å². The number of nitrogens with zero attached hydrogens (tertiary/aromatic N) is 2. The van der Waals surface area contributed by atoms with Crippen LogP contribution in [0.1, 0.15) is 41.7 Å². The Hall–Kier alpha value is -2.06. The van der Waals surface area contributed by atoms with Crippen molar-refractivity contribution in [1.82, 2.24) is 15.2 Å². The van der Waals surface area contributed by atoms with Crippen molar-refractivity contribution in [2.75, 3.05) is 17.6 Å². The first-order valence-electron chi connectivity index (χ1n) is 9.05. The number of hydrogen-bond donors (Lipinski definition) is 2. The second kappa shape index (κ2) is 8.75. The lowest BCUT2D eigenvalue weighted by molar-refractivity contribution is 0.0732. The third kappa shape index (κ3) is 4.81. The molecule has 3 rings (SSSR count). The number of benzene rings is 1. The number of carbonyl (C=O) groups excluding carboxylic acids is 2. The quantitative estimate of drug-likeness (QED) is 0.739. The van der Waals surface area contributed by atoms with Gasteiger partial charge in [-0.25, -0.2) is 9.78 Å². The molecule has 1 aromatic carbocycles. The third-order valence-electron chi connectivity index (χ3n) is 4.08. The van der Waals surface area contributed by atoms with E-state index in [1.54, 1.807) is 11.8 Å². The molecule has 2 aromatic rings. The van der Waals surface area contributed by atoms with Gasteiger partial charge in [-0.15, -0.1) is 11.8 Å². The first-order valence-corrected chi connectivity index (χ1v) is 10.8. The van der Waals surface area contributed by atoms with Gasteiger partial charge >= 0.3 is 6.03 Å². The number of rotatable bonds is 5. The summed E-state index contributed by atoms with van der Waals surface area (Å²) in [4.78, 5) is 33.3. The van der Waals surface area contributed by atoms with Crippen molar-refractivity contribution in [2.45, 2.75) is 44.7 Å². The molecule has 8 heteroatoms. The van der Waals surface area contributed by atoms with E-state index >= 15 is 0 Å². The van der Waals surface area contributed by atoms with E-state index in [1.165, 1.54) is 11.3 Å². The molecule has 0 saturated carbocycles. The second-order valence-electron chi connectivity index (χ2n) is 6.55. The van der Waals surface area contributed by atoms with Crippen molar-refractivity contribution in [1.29, 1.82) is 0 Å². The van der Waals surface area contributed by atoms with Crippen LogP contribution in [0.25, 0.3) is 0 Å². The Balaban J connectivity index is 1.71. The molecule has 0 aliphatic carbocycles. The lowest BCUT2D eigenvalue weighted by Crippen LogP contribution is -2.35. The Labute approximate surface area is 167 Å².